The third-order valence-corrected chi connectivity index (χ3v) is 4.16. The molecular weight excluding hydrogens is 334 g/mol. The number of benzene rings is 1. The van der Waals surface area contributed by atoms with Gasteiger partial charge in [-0.3, -0.25) is 4.99 Å². The van der Waals surface area contributed by atoms with Gasteiger partial charge >= 0.3 is 0 Å². The van der Waals surface area contributed by atoms with Crippen molar-refractivity contribution in [1.29, 1.82) is 0 Å². The largest absolute Gasteiger partial charge is 0.357 e. The molecule has 0 radical (unpaired) electrons. The zero-order chi connectivity index (χ0) is 18.1. The normalized spacial score (nSPS) is 11.3. The summed E-state index contributed by atoms with van der Waals surface area (Å²) in [6.07, 6.45) is 1.91. The van der Waals surface area contributed by atoms with Gasteiger partial charge in [-0.1, -0.05) is 29.8 Å². The van der Waals surface area contributed by atoms with Crippen molar-refractivity contribution in [3.63, 3.8) is 0 Å². The zero-order valence-electron chi connectivity index (χ0n) is 15.1. The summed E-state index contributed by atoms with van der Waals surface area (Å²) >= 11 is 6.01. The van der Waals surface area contributed by atoms with Crippen molar-refractivity contribution < 1.29 is 0 Å². The first-order valence-electron chi connectivity index (χ1n) is 8.55. The Labute approximate surface area is 155 Å². The molecule has 0 spiro atoms. The van der Waals surface area contributed by atoms with Crippen molar-refractivity contribution in [1.82, 2.24) is 15.6 Å². The van der Waals surface area contributed by atoms with E-state index in [0.717, 1.165) is 41.0 Å². The van der Waals surface area contributed by atoms with E-state index in [0.29, 0.717) is 13.1 Å². The SMILES string of the molecule is CCN(CC)c1ccc(CNC(=NC)NCc2cccc(Cl)c2)cn1. The predicted octanol–water partition coefficient (Wildman–Crippen LogP) is 3.45. The fourth-order valence-corrected chi connectivity index (χ4v) is 2.71. The standard InChI is InChI=1S/C19H26ClN5/c1-4-25(5-2)18-10-9-16(13-22-18)14-24-19(21-3)23-12-15-7-6-8-17(20)11-15/h6-11,13H,4-5,12,14H2,1-3H3,(H2,21,23,24). The second kappa shape index (κ2) is 9.89. The molecule has 0 fully saturated rings. The van der Waals surface area contributed by atoms with Crippen LogP contribution >= 0.6 is 11.6 Å². The highest BCUT2D eigenvalue weighted by Gasteiger charge is 2.04. The van der Waals surface area contributed by atoms with Crippen LogP contribution in [-0.4, -0.2) is 31.1 Å². The molecule has 0 saturated heterocycles. The first kappa shape index (κ1) is 19.1. The van der Waals surface area contributed by atoms with Crippen LogP contribution in [0.4, 0.5) is 5.82 Å². The topological polar surface area (TPSA) is 52.5 Å². The van der Waals surface area contributed by atoms with Crippen molar-refractivity contribution in [3.8, 4) is 0 Å². The molecule has 0 aliphatic carbocycles. The molecule has 2 aromatic rings. The summed E-state index contributed by atoms with van der Waals surface area (Å²) in [4.78, 5) is 11.0. The van der Waals surface area contributed by atoms with Crippen LogP contribution < -0.4 is 15.5 Å². The molecule has 2 rings (SSSR count). The van der Waals surface area contributed by atoms with Gasteiger partial charge in [0.1, 0.15) is 5.82 Å². The Bertz CT molecular complexity index is 680. The quantitative estimate of drug-likeness (QED) is 0.587. The molecule has 0 aliphatic rings. The van der Waals surface area contributed by atoms with Gasteiger partial charge in [-0.2, -0.15) is 0 Å². The van der Waals surface area contributed by atoms with Crippen LogP contribution in [0.1, 0.15) is 25.0 Å². The minimum Gasteiger partial charge on any atom is -0.357 e. The van der Waals surface area contributed by atoms with E-state index >= 15 is 0 Å². The number of guanidine groups is 1. The summed E-state index contributed by atoms with van der Waals surface area (Å²) in [5.41, 5.74) is 2.22. The molecule has 134 valence electrons. The summed E-state index contributed by atoms with van der Waals surface area (Å²) < 4.78 is 0. The molecule has 0 aliphatic heterocycles. The lowest BCUT2D eigenvalue weighted by atomic mass is 10.2. The number of nitrogens with one attached hydrogen (secondary N) is 2. The van der Waals surface area contributed by atoms with Gasteiger partial charge in [-0.05, 0) is 43.2 Å². The molecule has 0 amide bonds. The Hall–Kier alpha value is -2.27. The van der Waals surface area contributed by atoms with E-state index < -0.39 is 0 Å². The Morgan fingerprint density at radius 3 is 2.36 bits per heavy atom. The minimum atomic E-state index is 0.666. The molecule has 6 heteroatoms. The van der Waals surface area contributed by atoms with Crippen molar-refractivity contribution in [3.05, 3.63) is 58.7 Å². The van der Waals surface area contributed by atoms with Gasteiger partial charge in [-0.15, -0.1) is 0 Å². The fourth-order valence-electron chi connectivity index (χ4n) is 2.50. The highest BCUT2D eigenvalue weighted by Crippen LogP contribution is 2.11. The summed E-state index contributed by atoms with van der Waals surface area (Å²) in [5.74, 6) is 1.75. The number of halogens is 1. The molecule has 25 heavy (non-hydrogen) atoms. The number of anilines is 1. The van der Waals surface area contributed by atoms with Crippen LogP contribution in [0.15, 0.2) is 47.6 Å². The molecule has 0 atom stereocenters. The molecule has 1 aromatic carbocycles. The van der Waals surface area contributed by atoms with Gasteiger partial charge in [0, 0.05) is 44.4 Å². The molecule has 1 aromatic heterocycles. The van der Waals surface area contributed by atoms with Crippen LogP contribution in [0.3, 0.4) is 0 Å². The molecule has 0 unspecified atom stereocenters. The maximum absolute atomic E-state index is 6.01. The summed E-state index contributed by atoms with van der Waals surface area (Å²) in [5, 5.41) is 7.32. The van der Waals surface area contributed by atoms with E-state index in [9.17, 15) is 0 Å². The van der Waals surface area contributed by atoms with Gasteiger partial charge in [0.15, 0.2) is 5.96 Å². The van der Waals surface area contributed by atoms with Gasteiger partial charge in [-0.25, -0.2) is 4.98 Å². The maximum Gasteiger partial charge on any atom is 0.191 e. The van der Waals surface area contributed by atoms with Gasteiger partial charge < -0.3 is 15.5 Å². The van der Waals surface area contributed by atoms with E-state index in [2.05, 4.69) is 51.5 Å². The van der Waals surface area contributed by atoms with Crippen LogP contribution in [0.5, 0.6) is 0 Å². The highest BCUT2D eigenvalue weighted by molar-refractivity contribution is 6.30. The average Bonchev–Trinajstić information content (AvgIpc) is 2.64. The lowest BCUT2D eigenvalue weighted by Crippen LogP contribution is -2.36. The highest BCUT2D eigenvalue weighted by atomic mass is 35.5. The second-order valence-corrected chi connectivity index (χ2v) is 6.04. The van der Waals surface area contributed by atoms with Crippen molar-refractivity contribution in [2.45, 2.75) is 26.9 Å². The minimum absolute atomic E-state index is 0.666. The van der Waals surface area contributed by atoms with Crippen molar-refractivity contribution in [2.24, 2.45) is 4.99 Å². The number of aliphatic imine (C=N–C) groups is 1. The van der Waals surface area contributed by atoms with Crippen molar-refractivity contribution >= 4 is 23.4 Å². The lowest BCUT2D eigenvalue weighted by Gasteiger charge is -2.19. The van der Waals surface area contributed by atoms with E-state index in [1.165, 1.54) is 0 Å². The zero-order valence-corrected chi connectivity index (χ0v) is 15.8. The van der Waals surface area contributed by atoms with E-state index in [4.69, 9.17) is 11.6 Å². The number of hydrogen-bond donors (Lipinski definition) is 2. The van der Waals surface area contributed by atoms with Gasteiger partial charge in [0.05, 0.1) is 0 Å². The van der Waals surface area contributed by atoms with E-state index in [1.807, 2.05) is 30.5 Å². The number of rotatable bonds is 7. The number of hydrogen-bond acceptors (Lipinski definition) is 3. The predicted molar refractivity (Wildman–Crippen MR) is 106 cm³/mol. The summed E-state index contributed by atoms with van der Waals surface area (Å²) in [6, 6.07) is 11.9. The third kappa shape index (κ3) is 5.94. The number of aromatic nitrogens is 1. The molecule has 2 N–H and O–H groups in total. The number of nitrogens with zero attached hydrogens (tertiary/aromatic N) is 3. The van der Waals surface area contributed by atoms with Gasteiger partial charge in [0.25, 0.3) is 0 Å². The monoisotopic (exact) mass is 359 g/mol. The molecule has 0 bridgehead atoms. The first-order chi connectivity index (χ1) is 12.2. The summed E-state index contributed by atoms with van der Waals surface area (Å²) in [7, 11) is 1.76. The summed E-state index contributed by atoms with van der Waals surface area (Å²) in [6.45, 7) is 7.52. The third-order valence-electron chi connectivity index (χ3n) is 3.93. The van der Waals surface area contributed by atoms with E-state index in [-0.39, 0.29) is 0 Å². The molecule has 0 saturated carbocycles. The van der Waals surface area contributed by atoms with Gasteiger partial charge in [0.2, 0.25) is 0 Å². The Balaban J connectivity index is 1.86. The van der Waals surface area contributed by atoms with Crippen LogP contribution in [0.25, 0.3) is 0 Å². The molecular formula is C19H26ClN5. The first-order valence-corrected chi connectivity index (χ1v) is 8.92. The maximum atomic E-state index is 6.01. The van der Waals surface area contributed by atoms with Crippen LogP contribution in [-0.2, 0) is 13.1 Å². The fraction of sp³-hybridized carbons (Fsp3) is 0.368. The Kier molecular flexibility index (Phi) is 7.54. The average molecular weight is 360 g/mol. The van der Waals surface area contributed by atoms with Crippen LogP contribution in [0, 0.1) is 0 Å². The van der Waals surface area contributed by atoms with Crippen molar-refractivity contribution in [2.75, 3.05) is 25.0 Å². The molecule has 1 heterocycles. The lowest BCUT2D eigenvalue weighted by molar-refractivity contribution is 0.803. The Morgan fingerprint density at radius 2 is 1.80 bits per heavy atom. The second-order valence-electron chi connectivity index (χ2n) is 5.61. The number of pyridine rings is 1. The van der Waals surface area contributed by atoms with Crippen LogP contribution in [0.2, 0.25) is 5.02 Å². The smallest absolute Gasteiger partial charge is 0.191 e. The van der Waals surface area contributed by atoms with E-state index in [1.54, 1.807) is 7.05 Å². The molecule has 5 nitrogen and oxygen atoms in total. The Morgan fingerprint density at radius 1 is 1.08 bits per heavy atom.